The molecule has 2 fully saturated rings. The molecule has 0 saturated heterocycles. The van der Waals surface area contributed by atoms with Crippen molar-refractivity contribution < 1.29 is 14.3 Å². The van der Waals surface area contributed by atoms with Crippen molar-refractivity contribution in [2.24, 2.45) is 11.8 Å². The van der Waals surface area contributed by atoms with E-state index in [1.165, 1.54) is 12.8 Å². The lowest BCUT2D eigenvalue weighted by Crippen LogP contribution is -2.50. The van der Waals surface area contributed by atoms with E-state index >= 15 is 0 Å². The number of fused-ring (bicyclic) bond motifs is 2. The maximum absolute atomic E-state index is 12.7. The number of alkyl halides is 1. The van der Waals surface area contributed by atoms with Gasteiger partial charge in [-0.25, -0.2) is 0 Å². The third-order valence-corrected chi connectivity index (χ3v) is 6.87. The Morgan fingerprint density at radius 2 is 2.14 bits per heavy atom. The highest BCUT2D eigenvalue weighted by Gasteiger charge is 2.46. The summed E-state index contributed by atoms with van der Waals surface area (Å²) in [5.41, 5.74) is -1.05. The molecular weight excluding hydrogens is 456 g/mol. The van der Waals surface area contributed by atoms with Crippen LogP contribution in [0.5, 0.6) is 5.75 Å². The third-order valence-electron chi connectivity index (χ3n) is 6.14. The maximum Gasteiger partial charge on any atom is 0.263 e. The molecule has 0 heterocycles. The molecule has 2 aliphatic carbocycles. The first-order chi connectivity index (χ1) is 13.7. The molecule has 2 bridgehead atoms. The minimum Gasteiger partial charge on any atom is -0.478 e. The molecule has 0 aromatic heterocycles. The van der Waals surface area contributed by atoms with E-state index in [0.717, 1.165) is 30.2 Å². The van der Waals surface area contributed by atoms with Crippen LogP contribution in [-0.2, 0) is 9.59 Å². The number of carbonyl (C=O) groups is 2. The Bertz CT molecular complexity index is 757. The van der Waals surface area contributed by atoms with Crippen molar-refractivity contribution >= 4 is 39.3 Å². The van der Waals surface area contributed by atoms with Gasteiger partial charge in [-0.1, -0.05) is 22.0 Å². The minimum absolute atomic E-state index is 0.0141. The van der Waals surface area contributed by atoms with Crippen LogP contribution in [0.3, 0.4) is 0 Å². The van der Waals surface area contributed by atoms with Gasteiger partial charge in [0.25, 0.3) is 5.91 Å². The molecule has 0 spiro atoms. The molecule has 3 rings (SSSR count). The maximum atomic E-state index is 12.7. The van der Waals surface area contributed by atoms with Gasteiger partial charge in [0.15, 0.2) is 5.60 Å². The monoisotopic (exact) mass is 484 g/mol. The Labute approximate surface area is 186 Å². The van der Waals surface area contributed by atoms with E-state index < -0.39 is 5.60 Å². The van der Waals surface area contributed by atoms with E-state index in [9.17, 15) is 9.59 Å². The summed E-state index contributed by atoms with van der Waals surface area (Å²) >= 11 is 9.11. The Morgan fingerprint density at radius 1 is 1.34 bits per heavy atom. The van der Waals surface area contributed by atoms with Crippen LogP contribution < -0.4 is 15.4 Å². The molecule has 1 aromatic rings. The van der Waals surface area contributed by atoms with Gasteiger partial charge in [0, 0.05) is 16.6 Å². The lowest BCUT2D eigenvalue weighted by Gasteiger charge is -2.38. The average Bonchev–Trinajstić information content (AvgIpc) is 2.95. The molecule has 29 heavy (non-hydrogen) atoms. The summed E-state index contributed by atoms with van der Waals surface area (Å²) in [5, 5.41) is 6.21. The van der Waals surface area contributed by atoms with Gasteiger partial charge >= 0.3 is 0 Å². The predicted molar refractivity (Wildman–Crippen MR) is 118 cm³/mol. The summed E-state index contributed by atoms with van der Waals surface area (Å²) < 4.78 is 6.81. The van der Waals surface area contributed by atoms with Gasteiger partial charge in [-0.15, -0.1) is 11.6 Å². The summed E-state index contributed by atoms with van der Waals surface area (Å²) in [5.74, 6) is 1.63. The number of hydrogen-bond donors (Lipinski definition) is 2. The Hall–Kier alpha value is -1.27. The molecule has 0 radical (unpaired) electrons. The summed E-state index contributed by atoms with van der Waals surface area (Å²) in [6, 6.07) is 7.48. The minimum atomic E-state index is -0.956. The van der Waals surface area contributed by atoms with Crippen LogP contribution in [0.2, 0.25) is 0 Å². The summed E-state index contributed by atoms with van der Waals surface area (Å²) in [4.78, 5) is 24.5. The molecule has 160 valence electrons. The van der Waals surface area contributed by atoms with Crippen molar-refractivity contribution in [2.75, 3.05) is 12.4 Å². The molecule has 2 saturated carbocycles. The van der Waals surface area contributed by atoms with E-state index in [2.05, 4.69) is 26.6 Å². The first-order valence-corrected chi connectivity index (χ1v) is 11.6. The number of nitrogens with one attached hydrogen (secondary N) is 2. The van der Waals surface area contributed by atoms with Gasteiger partial charge in [-0.05, 0) is 82.4 Å². The molecule has 2 N–H and O–H groups in total. The number of halogens is 2. The topological polar surface area (TPSA) is 67.4 Å². The van der Waals surface area contributed by atoms with E-state index in [1.807, 2.05) is 24.3 Å². The molecule has 3 atom stereocenters. The zero-order valence-electron chi connectivity index (χ0n) is 17.1. The summed E-state index contributed by atoms with van der Waals surface area (Å²) in [7, 11) is 0. The second-order valence-electron chi connectivity index (χ2n) is 8.99. The zero-order chi connectivity index (χ0) is 21.1. The Balaban J connectivity index is 1.49. The summed E-state index contributed by atoms with van der Waals surface area (Å²) in [6.07, 6.45) is 6.32. The fourth-order valence-electron chi connectivity index (χ4n) is 4.92. The van der Waals surface area contributed by atoms with Crippen molar-refractivity contribution in [2.45, 2.75) is 63.5 Å². The van der Waals surface area contributed by atoms with Crippen LogP contribution in [0, 0.1) is 11.8 Å². The van der Waals surface area contributed by atoms with E-state index in [0.29, 0.717) is 24.1 Å². The highest BCUT2D eigenvalue weighted by molar-refractivity contribution is 9.10. The first-order valence-electron chi connectivity index (χ1n) is 10.3. The van der Waals surface area contributed by atoms with Crippen molar-refractivity contribution in [1.29, 1.82) is 0 Å². The molecule has 1 aromatic carbocycles. The molecule has 5 nitrogen and oxygen atoms in total. The highest BCUT2D eigenvalue weighted by Crippen LogP contribution is 2.48. The average molecular weight is 486 g/mol. The Kier molecular flexibility index (Phi) is 7.15. The van der Waals surface area contributed by atoms with Crippen molar-refractivity contribution in [3.8, 4) is 5.75 Å². The summed E-state index contributed by atoms with van der Waals surface area (Å²) in [6.45, 7) is 4.17. The SMILES string of the molecule is CC(C)(Oc1cccc(Br)c1)C(=O)NCCC1C[C@@H]2CC[C@@](NC(=O)CCl)(C1)C2. The standard InChI is InChI=1S/C22H30BrClN2O3/c1-21(2,29-18-5-3-4-17(23)11-18)20(28)25-9-7-16-10-15-6-8-22(12-15,13-16)26-19(27)14-24/h3-5,11,15-16H,6-10,12-14H2,1-2H3,(H,25,28)(H,26,27)/t15-,16?,22-/m0/s1. The smallest absolute Gasteiger partial charge is 0.263 e. The van der Waals surface area contributed by atoms with Crippen LogP contribution in [0.25, 0.3) is 0 Å². The number of hydrogen-bond acceptors (Lipinski definition) is 3. The van der Waals surface area contributed by atoms with Crippen LogP contribution in [0.15, 0.2) is 28.7 Å². The third kappa shape index (κ3) is 5.88. The van der Waals surface area contributed by atoms with Gasteiger partial charge < -0.3 is 15.4 Å². The van der Waals surface area contributed by atoms with E-state index in [1.54, 1.807) is 13.8 Å². The van der Waals surface area contributed by atoms with Crippen LogP contribution in [-0.4, -0.2) is 35.4 Å². The lowest BCUT2D eigenvalue weighted by atomic mass is 9.75. The molecule has 1 unspecified atom stereocenters. The second kappa shape index (κ2) is 9.25. The normalized spacial score (nSPS) is 26.1. The molecule has 7 heteroatoms. The second-order valence-corrected chi connectivity index (χ2v) is 10.2. The fraction of sp³-hybridized carbons (Fsp3) is 0.636. The molecular formula is C22H30BrClN2O3. The molecule has 2 aliphatic rings. The van der Waals surface area contributed by atoms with Crippen molar-refractivity contribution in [1.82, 2.24) is 10.6 Å². The largest absolute Gasteiger partial charge is 0.478 e. The first kappa shape index (κ1) is 22.4. The van der Waals surface area contributed by atoms with E-state index in [4.69, 9.17) is 16.3 Å². The number of amides is 2. The van der Waals surface area contributed by atoms with E-state index in [-0.39, 0.29) is 23.2 Å². The highest BCUT2D eigenvalue weighted by atomic mass is 79.9. The number of rotatable bonds is 8. The van der Waals surface area contributed by atoms with Gasteiger partial charge in [-0.3, -0.25) is 9.59 Å². The molecule has 2 amide bonds. The fourth-order valence-corrected chi connectivity index (χ4v) is 5.36. The number of carbonyl (C=O) groups excluding carboxylic acids is 2. The predicted octanol–water partition coefficient (Wildman–Crippen LogP) is 4.42. The van der Waals surface area contributed by atoms with Crippen molar-refractivity contribution in [3.63, 3.8) is 0 Å². The number of ether oxygens (including phenoxy) is 1. The number of benzene rings is 1. The quantitative estimate of drug-likeness (QED) is 0.536. The van der Waals surface area contributed by atoms with Gasteiger partial charge in [-0.2, -0.15) is 0 Å². The zero-order valence-corrected chi connectivity index (χ0v) is 19.4. The van der Waals surface area contributed by atoms with Gasteiger partial charge in [0.2, 0.25) is 5.91 Å². The van der Waals surface area contributed by atoms with Crippen LogP contribution in [0.4, 0.5) is 0 Å². The molecule has 0 aliphatic heterocycles. The lowest BCUT2D eigenvalue weighted by molar-refractivity contribution is -0.134. The van der Waals surface area contributed by atoms with Crippen LogP contribution >= 0.6 is 27.5 Å². The Morgan fingerprint density at radius 3 is 2.86 bits per heavy atom. The van der Waals surface area contributed by atoms with Gasteiger partial charge in [0.1, 0.15) is 11.6 Å². The van der Waals surface area contributed by atoms with Crippen LogP contribution in [0.1, 0.15) is 52.4 Å². The van der Waals surface area contributed by atoms with Crippen molar-refractivity contribution in [3.05, 3.63) is 28.7 Å². The van der Waals surface area contributed by atoms with Gasteiger partial charge in [0.05, 0.1) is 0 Å².